The fraction of sp³-hybridized carbons (Fsp3) is 0.222. The largest absolute Gasteiger partial charge is 0.496 e. The maximum atomic E-state index is 9.40. The number of ether oxygens (including phenoxy) is 1. The number of aryl methyl sites for hydroxylation is 1. The van der Waals surface area contributed by atoms with E-state index in [1.807, 2.05) is 24.3 Å². The molecule has 0 aliphatic rings. The highest BCUT2D eigenvalue weighted by Gasteiger charge is 2.05. The van der Waals surface area contributed by atoms with Crippen LogP contribution in [-0.4, -0.2) is 27.0 Å². The van der Waals surface area contributed by atoms with Crippen LogP contribution in [0.5, 0.6) is 5.75 Å². The lowest BCUT2D eigenvalue weighted by molar-refractivity contribution is 0.274. The standard InChI is InChI=1S/C18H20N4O2/c1-13-7-14(3-5-17(13)22-12-19-11-21-22)9-20-16-4-6-18(24-2)15(8-16)10-23/h3-8,11-12,20,23H,9-10H2,1-2H3. The van der Waals surface area contributed by atoms with Crippen molar-refractivity contribution >= 4 is 5.69 Å². The van der Waals surface area contributed by atoms with E-state index in [1.165, 1.54) is 6.33 Å². The highest BCUT2D eigenvalue weighted by atomic mass is 16.5. The van der Waals surface area contributed by atoms with Gasteiger partial charge in [0.05, 0.1) is 19.4 Å². The summed E-state index contributed by atoms with van der Waals surface area (Å²) in [5, 5.41) is 16.9. The Bertz CT molecular complexity index is 816. The van der Waals surface area contributed by atoms with Gasteiger partial charge in [-0.3, -0.25) is 0 Å². The van der Waals surface area contributed by atoms with Crippen molar-refractivity contribution in [1.29, 1.82) is 0 Å². The Hall–Kier alpha value is -2.86. The van der Waals surface area contributed by atoms with Crippen LogP contribution in [0, 0.1) is 6.92 Å². The Morgan fingerprint density at radius 1 is 1.21 bits per heavy atom. The summed E-state index contributed by atoms with van der Waals surface area (Å²) in [6, 6.07) is 11.9. The Balaban J connectivity index is 1.72. The molecule has 6 heteroatoms. The molecular weight excluding hydrogens is 304 g/mol. The number of hydrogen-bond acceptors (Lipinski definition) is 5. The topological polar surface area (TPSA) is 72.2 Å². The Morgan fingerprint density at radius 2 is 2.08 bits per heavy atom. The van der Waals surface area contributed by atoms with Gasteiger partial charge in [-0.2, -0.15) is 5.10 Å². The third kappa shape index (κ3) is 3.38. The van der Waals surface area contributed by atoms with Crippen molar-refractivity contribution in [3.8, 4) is 11.4 Å². The molecule has 0 aliphatic carbocycles. The number of nitrogens with one attached hydrogen (secondary N) is 1. The summed E-state index contributed by atoms with van der Waals surface area (Å²) >= 11 is 0. The third-order valence-electron chi connectivity index (χ3n) is 3.87. The van der Waals surface area contributed by atoms with Gasteiger partial charge in [0.1, 0.15) is 18.4 Å². The predicted octanol–water partition coefficient (Wildman–Crippen LogP) is 2.69. The number of aromatic nitrogens is 3. The monoisotopic (exact) mass is 324 g/mol. The first-order valence-electron chi connectivity index (χ1n) is 7.67. The number of benzene rings is 2. The molecular formula is C18H20N4O2. The van der Waals surface area contributed by atoms with Crippen LogP contribution < -0.4 is 10.1 Å². The van der Waals surface area contributed by atoms with Gasteiger partial charge >= 0.3 is 0 Å². The third-order valence-corrected chi connectivity index (χ3v) is 3.87. The second-order valence-electron chi connectivity index (χ2n) is 5.50. The quantitative estimate of drug-likeness (QED) is 0.729. The first-order valence-corrected chi connectivity index (χ1v) is 7.67. The molecule has 124 valence electrons. The molecule has 0 bridgehead atoms. The lowest BCUT2D eigenvalue weighted by Gasteiger charge is -2.12. The average molecular weight is 324 g/mol. The Morgan fingerprint density at radius 3 is 2.75 bits per heavy atom. The summed E-state index contributed by atoms with van der Waals surface area (Å²) in [5.74, 6) is 0.691. The number of aliphatic hydroxyl groups excluding tert-OH is 1. The van der Waals surface area contributed by atoms with Crippen molar-refractivity contribution in [2.24, 2.45) is 0 Å². The van der Waals surface area contributed by atoms with Gasteiger partial charge in [0.2, 0.25) is 0 Å². The molecule has 3 aromatic rings. The smallest absolute Gasteiger partial charge is 0.138 e. The van der Waals surface area contributed by atoms with Gasteiger partial charge < -0.3 is 15.2 Å². The molecule has 0 fully saturated rings. The summed E-state index contributed by atoms with van der Waals surface area (Å²) in [6.45, 7) is 2.69. The number of hydrogen-bond donors (Lipinski definition) is 2. The highest BCUT2D eigenvalue weighted by molar-refractivity contribution is 5.52. The molecule has 6 nitrogen and oxygen atoms in total. The molecule has 0 spiro atoms. The zero-order valence-electron chi connectivity index (χ0n) is 13.7. The second kappa shape index (κ2) is 7.14. The lowest BCUT2D eigenvalue weighted by Crippen LogP contribution is -2.03. The molecule has 2 aromatic carbocycles. The molecule has 1 aromatic heterocycles. The number of methoxy groups -OCH3 is 1. The van der Waals surface area contributed by atoms with Crippen molar-refractivity contribution in [3.63, 3.8) is 0 Å². The van der Waals surface area contributed by atoms with Gasteiger partial charge in [-0.1, -0.05) is 12.1 Å². The molecule has 0 amide bonds. The van der Waals surface area contributed by atoms with Crippen LogP contribution in [0.2, 0.25) is 0 Å². The Labute approximate surface area is 140 Å². The maximum Gasteiger partial charge on any atom is 0.138 e. The predicted molar refractivity (Wildman–Crippen MR) is 92.3 cm³/mol. The molecule has 3 rings (SSSR count). The molecule has 2 N–H and O–H groups in total. The van der Waals surface area contributed by atoms with Crippen LogP contribution in [0.1, 0.15) is 16.7 Å². The molecule has 0 saturated carbocycles. The SMILES string of the molecule is COc1ccc(NCc2ccc(-n3cncn3)c(C)c2)cc1CO. The summed E-state index contributed by atoms with van der Waals surface area (Å²) in [7, 11) is 1.60. The molecule has 0 atom stereocenters. The minimum Gasteiger partial charge on any atom is -0.496 e. The van der Waals surface area contributed by atoms with Crippen LogP contribution in [0.4, 0.5) is 5.69 Å². The van der Waals surface area contributed by atoms with E-state index in [0.717, 1.165) is 28.1 Å². The summed E-state index contributed by atoms with van der Waals surface area (Å²) in [4.78, 5) is 3.98. The van der Waals surface area contributed by atoms with Crippen LogP contribution in [0.25, 0.3) is 5.69 Å². The molecule has 24 heavy (non-hydrogen) atoms. The zero-order chi connectivity index (χ0) is 16.9. The molecule has 0 radical (unpaired) electrons. The fourth-order valence-electron chi connectivity index (χ4n) is 2.63. The zero-order valence-corrected chi connectivity index (χ0v) is 13.7. The van der Waals surface area contributed by atoms with Gasteiger partial charge in [0, 0.05) is 17.8 Å². The van der Waals surface area contributed by atoms with Crippen LogP contribution >= 0.6 is 0 Å². The van der Waals surface area contributed by atoms with Gasteiger partial charge in [-0.05, 0) is 42.3 Å². The normalized spacial score (nSPS) is 10.6. The van der Waals surface area contributed by atoms with Crippen molar-refractivity contribution in [2.45, 2.75) is 20.1 Å². The van der Waals surface area contributed by atoms with Crippen LogP contribution in [-0.2, 0) is 13.2 Å². The van der Waals surface area contributed by atoms with Gasteiger partial charge in [0.25, 0.3) is 0 Å². The van der Waals surface area contributed by atoms with Crippen LogP contribution in [0.3, 0.4) is 0 Å². The van der Waals surface area contributed by atoms with Crippen LogP contribution in [0.15, 0.2) is 49.1 Å². The second-order valence-corrected chi connectivity index (χ2v) is 5.50. The number of anilines is 1. The van der Waals surface area contributed by atoms with E-state index in [2.05, 4.69) is 34.5 Å². The van der Waals surface area contributed by atoms with E-state index >= 15 is 0 Å². The molecule has 0 unspecified atom stereocenters. The van der Waals surface area contributed by atoms with Crippen molar-refractivity contribution in [1.82, 2.24) is 14.8 Å². The van der Waals surface area contributed by atoms with Gasteiger partial charge in [0.15, 0.2) is 0 Å². The van der Waals surface area contributed by atoms with E-state index in [-0.39, 0.29) is 6.61 Å². The van der Waals surface area contributed by atoms with E-state index in [0.29, 0.717) is 12.3 Å². The van der Waals surface area contributed by atoms with Crippen molar-refractivity contribution in [2.75, 3.05) is 12.4 Å². The number of nitrogens with zero attached hydrogens (tertiary/aromatic N) is 3. The van der Waals surface area contributed by atoms with Crippen molar-refractivity contribution < 1.29 is 9.84 Å². The number of rotatable bonds is 6. The highest BCUT2D eigenvalue weighted by Crippen LogP contribution is 2.23. The average Bonchev–Trinajstić information content (AvgIpc) is 3.14. The Kier molecular flexibility index (Phi) is 4.77. The summed E-state index contributed by atoms with van der Waals surface area (Å²) in [5.41, 5.74) is 5.02. The van der Waals surface area contributed by atoms with E-state index in [4.69, 9.17) is 4.74 Å². The van der Waals surface area contributed by atoms with E-state index in [1.54, 1.807) is 18.1 Å². The van der Waals surface area contributed by atoms with Crippen molar-refractivity contribution in [3.05, 3.63) is 65.7 Å². The molecule has 0 saturated heterocycles. The van der Waals surface area contributed by atoms with E-state index in [9.17, 15) is 5.11 Å². The fourth-order valence-corrected chi connectivity index (χ4v) is 2.63. The molecule has 1 heterocycles. The first kappa shape index (κ1) is 16.0. The first-order chi connectivity index (χ1) is 11.7. The lowest BCUT2D eigenvalue weighted by atomic mass is 10.1. The minimum atomic E-state index is -0.0512. The summed E-state index contributed by atoms with van der Waals surface area (Å²) in [6.07, 6.45) is 3.21. The maximum absolute atomic E-state index is 9.40. The minimum absolute atomic E-state index is 0.0512. The van der Waals surface area contributed by atoms with E-state index < -0.39 is 0 Å². The summed E-state index contributed by atoms with van der Waals surface area (Å²) < 4.78 is 6.97. The molecule has 0 aliphatic heterocycles. The van der Waals surface area contributed by atoms with Gasteiger partial charge in [-0.25, -0.2) is 9.67 Å². The van der Waals surface area contributed by atoms with Gasteiger partial charge in [-0.15, -0.1) is 0 Å². The number of aliphatic hydroxyl groups is 1.